The highest BCUT2D eigenvalue weighted by Gasteiger charge is 2.20. The zero-order valence-electron chi connectivity index (χ0n) is 24.8. The molecule has 0 atom stereocenters. The van der Waals surface area contributed by atoms with Crippen molar-refractivity contribution in [1.82, 2.24) is 9.55 Å². The van der Waals surface area contributed by atoms with Crippen molar-refractivity contribution < 1.29 is 23.4 Å². The average molecular weight is 662 g/mol. The molecule has 0 fully saturated rings. The van der Waals surface area contributed by atoms with Crippen LogP contribution >= 0.6 is 15.9 Å². The van der Waals surface area contributed by atoms with E-state index in [0.717, 1.165) is 22.2 Å². The number of anilines is 2. The lowest BCUT2D eigenvalue weighted by atomic mass is 10.1. The minimum absolute atomic E-state index is 0.0351. The summed E-state index contributed by atoms with van der Waals surface area (Å²) >= 11 is 3.45. The molecule has 0 saturated carbocycles. The molecule has 0 spiro atoms. The van der Waals surface area contributed by atoms with Crippen LogP contribution in [0.15, 0.2) is 82.3 Å². The first kappa shape index (κ1) is 30.6. The first-order chi connectivity index (χ1) is 21.1. The molecule has 0 aliphatic rings. The molecule has 2 heterocycles. The van der Waals surface area contributed by atoms with Crippen molar-refractivity contribution in [3.05, 3.63) is 110 Å². The van der Waals surface area contributed by atoms with Gasteiger partial charge in [-0.25, -0.2) is 4.39 Å². The lowest BCUT2D eigenvalue weighted by Crippen LogP contribution is -2.30. The number of benzene rings is 3. The summed E-state index contributed by atoms with van der Waals surface area (Å²) in [5, 5.41) is 3.72. The van der Waals surface area contributed by atoms with Gasteiger partial charge in [0, 0.05) is 59.4 Å². The number of carbonyl (C=O) groups excluding carboxylic acids is 1. The molecule has 226 valence electrons. The van der Waals surface area contributed by atoms with Crippen LogP contribution in [0.1, 0.15) is 21.5 Å². The van der Waals surface area contributed by atoms with E-state index in [4.69, 9.17) is 14.2 Å². The number of hydrogen-bond acceptors (Lipinski definition) is 7. The second-order valence-corrected chi connectivity index (χ2v) is 11.0. The summed E-state index contributed by atoms with van der Waals surface area (Å²) in [7, 11) is 6.90. The predicted molar refractivity (Wildman–Crippen MR) is 172 cm³/mol. The van der Waals surface area contributed by atoms with Gasteiger partial charge in [-0.3, -0.25) is 19.1 Å². The largest absolute Gasteiger partial charge is 0.493 e. The van der Waals surface area contributed by atoms with Crippen LogP contribution in [-0.4, -0.2) is 43.8 Å². The number of fused-ring (bicyclic) bond motifs is 1. The van der Waals surface area contributed by atoms with E-state index in [1.807, 2.05) is 37.2 Å². The molecule has 2 aromatic heterocycles. The maximum absolute atomic E-state index is 13.5. The van der Waals surface area contributed by atoms with Crippen LogP contribution in [0, 0.1) is 12.7 Å². The molecule has 3 aromatic carbocycles. The number of pyridine rings is 2. The third-order valence-electron chi connectivity index (χ3n) is 7.16. The molecule has 5 rings (SSSR count). The van der Waals surface area contributed by atoms with E-state index in [1.54, 1.807) is 51.7 Å². The summed E-state index contributed by atoms with van der Waals surface area (Å²) in [6.45, 7) is 1.94. The second kappa shape index (κ2) is 12.8. The number of halogens is 2. The fourth-order valence-electron chi connectivity index (χ4n) is 4.80. The number of hydrogen-bond donors (Lipinski definition) is 1. The van der Waals surface area contributed by atoms with Gasteiger partial charge in [0.15, 0.2) is 11.5 Å². The van der Waals surface area contributed by atoms with Crippen LogP contribution in [0.25, 0.3) is 16.6 Å². The van der Waals surface area contributed by atoms with Gasteiger partial charge in [-0.2, -0.15) is 0 Å². The number of carbonyl (C=O) groups is 1. The lowest BCUT2D eigenvalue weighted by Gasteiger charge is -2.20. The Morgan fingerprint density at radius 3 is 2.39 bits per heavy atom. The van der Waals surface area contributed by atoms with E-state index < -0.39 is 17.3 Å². The van der Waals surface area contributed by atoms with Crippen molar-refractivity contribution in [2.75, 3.05) is 38.5 Å². The summed E-state index contributed by atoms with van der Waals surface area (Å²) in [6, 6.07) is 16.3. The highest BCUT2D eigenvalue weighted by atomic mass is 79.9. The van der Waals surface area contributed by atoms with E-state index >= 15 is 0 Å². The molecular formula is C33H30BrFN4O5. The first-order valence-electron chi connectivity index (χ1n) is 13.5. The number of aromatic nitrogens is 2. The minimum Gasteiger partial charge on any atom is -0.493 e. The Bertz CT molecular complexity index is 1930. The van der Waals surface area contributed by atoms with E-state index in [1.165, 1.54) is 28.8 Å². The topological polar surface area (TPSA) is 94.9 Å². The Labute approximate surface area is 261 Å². The van der Waals surface area contributed by atoms with Crippen LogP contribution in [0.2, 0.25) is 0 Å². The lowest BCUT2D eigenvalue weighted by molar-refractivity contribution is 0.102. The second-order valence-electron chi connectivity index (χ2n) is 10.1. The van der Waals surface area contributed by atoms with Gasteiger partial charge in [0.25, 0.3) is 11.5 Å². The van der Waals surface area contributed by atoms with Gasteiger partial charge in [0.05, 0.1) is 25.4 Å². The number of ether oxygens (including phenoxy) is 3. The Morgan fingerprint density at radius 2 is 1.70 bits per heavy atom. The van der Waals surface area contributed by atoms with Crippen LogP contribution in [0.3, 0.4) is 0 Å². The summed E-state index contributed by atoms with van der Waals surface area (Å²) in [6.07, 6.45) is 3.28. The Kier molecular flexibility index (Phi) is 8.86. The molecular weight excluding hydrogens is 631 g/mol. The molecule has 0 aliphatic carbocycles. The molecule has 0 unspecified atom stereocenters. The number of nitrogens with one attached hydrogen (secondary N) is 1. The molecule has 0 saturated heterocycles. The number of amides is 1. The van der Waals surface area contributed by atoms with Gasteiger partial charge in [-0.15, -0.1) is 0 Å². The number of methoxy groups -OCH3 is 2. The highest BCUT2D eigenvalue weighted by molar-refractivity contribution is 9.10. The van der Waals surface area contributed by atoms with Gasteiger partial charge in [-0.05, 0) is 83.0 Å². The summed E-state index contributed by atoms with van der Waals surface area (Å²) in [5.41, 5.74) is 3.20. The average Bonchev–Trinajstić information content (AvgIpc) is 3.01. The quantitative estimate of drug-likeness (QED) is 0.193. The highest BCUT2D eigenvalue weighted by Crippen LogP contribution is 2.35. The van der Waals surface area contributed by atoms with Crippen molar-refractivity contribution >= 4 is 44.1 Å². The SMILES string of the molecule is COc1cc2nccc(COc3ccc(NC(=O)c4c(C)c(Br)cn(-c5ccc(F)cc5)c4=O)cc3N(C)C)c2cc1OC. The standard InChI is InChI=1S/C33H30BrFN4O5/c1-19-25(34)17-39(23-9-6-21(35)7-10-23)33(41)31(19)32(40)37-22-8-11-28(27(14-22)38(2)3)44-18-20-12-13-36-26-16-30(43-5)29(42-4)15-24(20)26/h6-17H,18H2,1-5H3,(H,37,40). The molecule has 11 heteroatoms. The third kappa shape index (κ3) is 6.09. The van der Waals surface area contributed by atoms with Gasteiger partial charge in [0.2, 0.25) is 0 Å². The maximum atomic E-state index is 13.5. The Morgan fingerprint density at radius 1 is 1.00 bits per heavy atom. The van der Waals surface area contributed by atoms with Crippen molar-refractivity contribution in [2.24, 2.45) is 0 Å². The number of nitrogens with zero attached hydrogens (tertiary/aromatic N) is 3. The van der Waals surface area contributed by atoms with E-state index in [-0.39, 0.29) is 12.2 Å². The zero-order valence-corrected chi connectivity index (χ0v) is 26.4. The number of rotatable bonds is 9. The molecule has 44 heavy (non-hydrogen) atoms. The van der Waals surface area contributed by atoms with E-state index in [2.05, 4.69) is 26.2 Å². The van der Waals surface area contributed by atoms with Crippen LogP contribution in [-0.2, 0) is 6.61 Å². The molecule has 9 nitrogen and oxygen atoms in total. The molecule has 1 N–H and O–H groups in total. The summed E-state index contributed by atoms with van der Waals surface area (Å²) in [4.78, 5) is 33.2. The normalized spacial score (nSPS) is 10.9. The van der Waals surface area contributed by atoms with Gasteiger partial charge < -0.3 is 24.4 Å². The third-order valence-corrected chi connectivity index (χ3v) is 7.96. The van der Waals surface area contributed by atoms with Crippen molar-refractivity contribution in [2.45, 2.75) is 13.5 Å². The van der Waals surface area contributed by atoms with Crippen molar-refractivity contribution in [3.8, 4) is 22.9 Å². The van der Waals surface area contributed by atoms with E-state index in [9.17, 15) is 14.0 Å². The molecule has 1 amide bonds. The Hall–Kier alpha value is -4.90. The Balaban J connectivity index is 1.41. The first-order valence-corrected chi connectivity index (χ1v) is 14.3. The zero-order chi connectivity index (χ0) is 31.5. The van der Waals surface area contributed by atoms with Gasteiger partial charge >= 0.3 is 0 Å². The van der Waals surface area contributed by atoms with Gasteiger partial charge in [0.1, 0.15) is 23.7 Å². The maximum Gasteiger partial charge on any atom is 0.268 e. The van der Waals surface area contributed by atoms with E-state index in [0.29, 0.717) is 38.7 Å². The van der Waals surface area contributed by atoms with Crippen LogP contribution in [0.5, 0.6) is 17.2 Å². The smallest absolute Gasteiger partial charge is 0.268 e. The molecule has 0 radical (unpaired) electrons. The van der Waals surface area contributed by atoms with Crippen LogP contribution in [0.4, 0.5) is 15.8 Å². The van der Waals surface area contributed by atoms with Gasteiger partial charge in [-0.1, -0.05) is 0 Å². The summed E-state index contributed by atoms with van der Waals surface area (Å²) in [5.74, 6) is 0.774. The van der Waals surface area contributed by atoms with Crippen LogP contribution < -0.4 is 30.0 Å². The fraction of sp³-hybridized carbons (Fsp3) is 0.182. The predicted octanol–water partition coefficient (Wildman–Crippen LogP) is 6.51. The summed E-state index contributed by atoms with van der Waals surface area (Å²) < 4.78 is 32.5. The fourth-order valence-corrected chi connectivity index (χ4v) is 5.20. The molecule has 0 bridgehead atoms. The molecule has 5 aromatic rings. The van der Waals surface area contributed by atoms with Crippen molar-refractivity contribution in [3.63, 3.8) is 0 Å². The van der Waals surface area contributed by atoms with Crippen molar-refractivity contribution in [1.29, 1.82) is 0 Å². The minimum atomic E-state index is -0.573. The molecule has 0 aliphatic heterocycles. The monoisotopic (exact) mass is 660 g/mol.